The van der Waals surface area contributed by atoms with Gasteiger partial charge in [-0.25, -0.2) is 4.79 Å². The zero-order valence-electron chi connectivity index (χ0n) is 20.9. The van der Waals surface area contributed by atoms with Gasteiger partial charge < -0.3 is 19.5 Å². The van der Waals surface area contributed by atoms with Crippen LogP contribution in [0.2, 0.25) is 0 Å². The summed E-state index contributed by atoms with van der Waals surface area (Å²) in [4.78, 5) is 15.2. The molecule has 5 rings (SSSR count). The van der Waals surface area contributed by atoms with Gasteiger partial charge in [0.15, 0.2) is 5.75 Å². The molecule has 34 heavy (non-hydrogen) atoms. The highest BCUT2D eigenvalue weighted by Crippen LogP contribution is 2.35. The minimum Gasteiger partial charge on any atom is -0.408 e. The van der Waals surface area contributed by atoms with E-state index >= 15 is 0 Å². The number of benzene rings is 1. The van der Waals surface area contributed by atoms with Crippen molar-refractivity contribution in [3.63, 3.8) is 0 Å². The van der Waals surface area contributed by atoms with Crippen molar-refractivity contribution in [2.24, 2.45) is 5.92 Å². The first-order chi connectivity index (χ1) is 16.7. The average Bonchev–Trinajstić information content (AvgIpc) is 3.50. The second-order valence-electron chi connectivity index (χ2n) is 10.7. The van der Waals surface area contributed by atoms with Gasteiger partial charge in [0, 0.05) is 37.4 Å². The van der Waals surface area contributed by atoms with E-state index in [1.807, 2.05) is 0 Å². The molecule has 2 saturated carbocycles. The highest BCUT2D eigenvalue weighted by atomic mass is 16.6. The van der Waals surface area contributed by atoms with Crippen LogP contribution in [0.1, 0.15) is 82.7 Å². The monoisotopic (exact) mass is 463 g/mol. The van der Waals surface area contributed by atoms with Crippen molar-refractivity contribution in [2.75, 3.05) is 18.0 Å². The minimum absolute atomic E-state index is 0.253. The Bertz CT molecular complexity index is 947. The second-order valence-corrected chi connectivity index (χ2v) is 10.7. The molecule has 0 spiro atoms. The van der Waals surface area contributed by atoms with E-state index in [4.69, 9.17) is 4.74 Å². The van der Waals surface area contributed by atoms with Gasteiger partial charge in [0.1, 0.15) is 0 Å². The molecule has 184 valence electrons. The van der Waals surface area contributed by atoms with Crippen LogP contribution in [0.5, 0.6) is 5.75 Å². The molecule has 1 aromatic heterocycles. The number of nitrogens with zero attached hydrogens (tertiary/aromatic N) is 2. The smallest absolute Gasteiger partial charge is 0.408 e. The number of hydrogen-bond acceptors (Lipinski definition) is 3. The number of carbonyl (C=O) groups is 1. The van der Waals surface area contributed by atoms with Gasteiger partial charge >= 0.3 is 6.09 Å². The summed E-state index contributed by atoms with van der Waals surface area (Å²) in [6.45, 7) is 5.42. The van der Waals surface area contributed by atoms with Gasteiger partial charge in [0.2, 0.25) is 0 Å². The van der Waals surface area contributed by atoms with E-state index in [-0.39, 0.29) is 12.1 Å². The molecular weight excluding hydrogens is 422 g/mol. The second kappa shape index (κ2) is 10.9. The zero-order valence-corrected chi connectivity index (χ0v) is 20.9. The molecule has 5 heteroatoms. The standard InChI is InChI=1S/C29H41N3O2/c1-22-28(34-29(33)30-25-12-6-3-7-13-25)20-27(32(22)21-23-10-4-2-5-11-23)24-14-16-26(17-15-24)31-18-8-9-19-31/h14-17,20,23,25H,2-13,18-19,21H2,1H3,(H,30,33). The van der Waals surface area contributed by atoms with Gasteiger partial charge in [-0.3, -0.25) is 0 Å². The summed E-state index contributed by atoms with van der Waals surface area (Å²) in [7, 11) is 0. The molecule has 0 unspecified atom stereocenters. The number of carbonyl (C=O) groups excluding carboxylic acids is 1. The third-order valence-corrected chi connectivity index (χ3v) is 8.25. The fourth-order valence-corrected chi connectivity index (χ4v) is 6.19. The van der Waals surface area contributed by atoms with E-state index in [2.05, 4.69) is 52.0 Å². The highest BCUT2D eigenvalue weighted by molar-refractivity contribution is 5.73. The Morgan fingerprint density at radius 1 is 0.912 bits per heavy atom. The maximum atomic E-state index is 12.7. The molecule has 1 N–H and O–H groups in total. The molecule has 3 fully saturated rings. The molecule has 2 heterocycles. The predicted molar refractivity (Wildman–Crippen MR) is 139 cm³/mol. The molecule has 5 nitrogen and oxygen atoms in total. The summed E-state index contributed by atoms with van der Waals surface area (Å²) in [6, 6.07) is 11.3. The summed E-state index contributed by atoms with van der Waals surface area (Å²) < 4.78 is 8.31. The summed E-state index contributed by atoms with van der Waals surface area (Å²) in [5, 5.41) is 3.11. The maximum Gasteiger partial charge on any atom is 0.412 e. The van der Waals surface area contributed by atoms with Crippen LogP contribution in [-0.2, 0) is 6.54 Å². The third kappa shape index (κ3) is 5.45. The van der Waals surface area contributed by atoms with Crippen molar-refractivity contribution in [3.05, 3.63) is 36.0 Å². The van der Waals surface area contributed by atoms with E-state index < -0.39 is 0 Å². The molecule has 1 aromatic carbocycles. The number of amides is 1. The molecule has 2 aliphatic carbocycles. The SMILES string of the molecule is Cc1c(OC(=O)NC2CCCCC2)cc(-c2ccc(N3CCCC3)cc2)n1CC1CCCCC1. The number of ether oxygens (including phenoxy) is 1. The number of hydrogen-bond donors (Lipinski definition) is 1. The van der Waals surface area contributed by atoms with Gasteiger partial charge in [-0.05, 0) is 69.1 Å². The van der Waals surface area contributed by atoms with Gasteiger partial charge in [-0.15, -0.1) is 0 Å². The number of rotatable bonds is 6. The Morgan fingerprint density at radius 3 is 2.24 bits per heavy atom. The molecule has 0 bridgehead atoms. The first-order valence-corrected chi connectivity index (χ1v) is 13.7. The molecule has 0 radical (unpaired) electrons. The lowest BCUT2D eigenvalue weighted by Crippen LogP contribution is -2.38. The Hall–Kier alpha value is -2.43. The summed E-state index contributed by atoms with van der Waals surface area (Å²) >= 11 is 0. The van der Waals surface area contributed by atoms with Gasteiger partial charge in [0.05, 0.1) is 11.4 Å². The van der Waals surface area contributed by atoms with Crippen LogP contribution in [0, 0.1) is 12.8 Å². The Morgan fingerprint density at radius 2 is 1.56 bits per heavy atom. The Labute approximate surface area is 204 Å². The van der Waals surface area contributed by atoms with Crippen molar-refractivity contribution in [1.29, 1.82) is 0 Å². The van der Waals surface area contributed by atoms with Crippen LogP contribution >= 0.6 is 0 Å². The van der Waals surface area contributed by atoms with Crippen LogP contribution < -0.4 is 15.0 Å². The summed E-state index contributed by atoms with van der Waals surface area (Å²) in [5.41, 5.74) is 4.73. The van der Waals surface area contributed by atoms with Gasteiger partial charge in [-0.2, -0.15) is 0 Å². The van der Waals surface area contributed by atoms with Crippen molar-refractivity contribution in [1.82, 2.24) is 9.88 Å². The molecule has 3 aliphatic rings. The zero-order chi connectivity index (χ0) is 23.3. The summed E-state index contributed by atoms with van der Waals surface area (Å²) in [6.07, 6.45) is 14.7. The number of nitrogens with one attached hydrogen (secondary N) is 1. The van der Waals surface area contributed by atoms with E-state index in [0.29, 0.717) is 11.7 Å². The lowest BCUT2D eigenvalue weighted by atomic mass is 9.89. The fourth-order valence-electron chi connectivity index (χ4n) is 6.19. The van der Waals surface area contributed by atoms with Crippen LogP contribution in [0.15, 0.2) is 30.3 Å². The molecule has 1 aliphatic heterocycles. The van der Waals surface area contributed by atoms with Crippen LogP contribution in [0.4, 0.5) is 10.5 Å². The number of aromatic nitrogens is 1. The van der Waals surface area contributed by atoms with Crippen molar-refractivity contribution < 1.29 is 9.53 Å². The average molecular weight is 464 g/mol. The van der Waals surface area contributed by atoms with E-state index in [1.54, 1.807) is 0 Å². The minimum atomic E-state index is -0.305. The van der Waals surface area contributed by atoms with Crippen LogP contribution in [0.25, 0.3) is 11.3 Å². The molecule has 2 aromatic rings. The predicted octanol–water partition coefficient (Wildman–Crippen LogP) is 7.07. The largest absolute Gasteiger partial charge is 0.412 e. The first kappa shape index (κ1) is 23.3. The normalized spacial score (nSPS) is 20.0. The van der Waals surface area contributed by atoms with E-state index in [0.717, 1.165) is 43.9 Å². The molecule has 1 saturated heterocycles. The molecular formula is C29H41N3O2. The van der Waals surface area contributed by atoms with Crippen molar-refractivity contribution in [3.8, 4) is 17.0 Å². The summed E-state index contributed by atoms with van der Waals surface area (Å²) in [5.74, 6) is 1.40. The fraction of sp³-hybridized carbons (Fsp3) is 0.621. The van der Waals surface area contributed by atoms with Crippen molar-refractivity contribution >= 4 is 11.8 Å². The quantitative estimate of drug-likeness (QED) is 0.498. The first-order valence-electron chi connectivity index (χ1n) is 13.7. The molecule has 1 amide bonds. The van der Waals surface area contributed by atoms with Crippen molar-refractivity contribution in [2.45, 2.75) is 96.6 Å². The lowest BCUT2D eigenvalue weighted by Gasteiger charge is -2.24. The van der Waals surface area contributed by atoms with Crippen LogP contribution in [-0.4, -0.2) is 29.8 Å². The highest BCUT2D eigenvalue weighted by Gasteiger charge is 2.23. The molecule has 0 atom stereocenters. The van der Waals surface area contributed by atoms with Gasteiger partial charge in [-0.1, -0.05) is 50.7 Å². The topological polar surface area (TPSA) is 46.5 Å². The van der Waals surface area contributed by atoms with E-state index in [9.17, 15) is 4.79 Å². The maximum absolute atomic E-state index is 12.7. The lowest BCUT2D eigenvalue weighted by molar-refractivity contribution is 0.191. The Balaban J connectivity index is 1.37. The number of anilines is 1. The van der Waals surface area contributed by atoms with Crippen LogP contribution in [0.3, 0.4) is 0 Å². The Kier molecular flexibility index (Phi) is 7.46. The van der Waals surface area contributed by atoms with E-state index in [1.165, 1.54) is 75.5 Å². The third-order valence-electron chi connectivity index (χ3n) is 8.25. The van der Waals surface area contributed by atoms with Gasteiger partial charge in [0.25, 0.3) is 0 Å².